The molecule has 0 amide bonds. The van der Waals surface area contributed by atoms with Gasteiger partial charge < -0.3 is 15.6 Å². The summed E-state index contributed by atoms with van der Waals surface area (Å²) in [5.74, 6) is 2.35. The second-order valence-electron chi connectivity index (χ2n) is 5.47. The number of hydrogen-bond acceptors (Lipinski definition) is 6. The first-order valence-corrected chi connectivity index (χ1v) is 7.44. The van der Waals surface area contributed by atoms with Crippen LogP contribution < -0.4 is 11.1 Å². The second-order valence-corrected chi connectivity index (χ2v) is 5.47. The van der Waals surface area contributed by atoms with Crippen LogP contribution in [-0.4, -0.2) is 37.3 Å². The van der Waals surface area contributed by atoms with Gasteiger partial charge in [-0.05, 0) is 19.8 Å². The van der Waals surface area contributed by atoms with Crippen LogP contribution in [-0.2, 0) is 13.0 Å². The van der Waals surface area contributed by atoms with E-state index in [-0.39, 0.29) is 0 Å². The van der Waals surface area contributed by atoms with Crippen molar-refractivity contribution in [2.75, 3.05) is 11.9 Å². The highest BCUT2D eigenvalue weighted by Crippen LogP contribution is 2.34. The zero-order valence-electron chi connectivity index (χ0n) is 12.2. The molecule has 0 spiro atoms. The molecule has 1 fully saturated rings. The molecule has 1 aliphatic carbocycles. The maximum Gasteiger partial charge on any atom is 0.134 e. The highest BCUT2D eigenvalue weighted by Gasteiger charge is 2.28. The van der Waals surface area contributed by atoms with Gasteiger partial charge >= 0.3 is 0 Å². The van der Waals surface area contributed by atoms with Gasteiger partial charge in [-0.3, -0.25) is 0 Å². The lowest BCUT2D eigenvalue weighted by molar-refractivity contribution is 0.345. The Hall–Kier alpha value is -2.02. The molecule has 7 nitrogen and oxygen atoms in total. The molecule has 0 unspecified atom stereocenters. The molecule has 21 heavy (non-hydrogen) atoms. The van der Waals surface area contributed by atoms with Gasteiger partial charge in [-0.2, -0.15) is 0 Å². The third-order valence-corrected chi connectivity index (χ3v) is 3.97. The molecular weight excluding hydrogens is 266 g/mol. The fourth-order valence-corrected chi connectivity index (χ4v) is 2.63. The van der Waals surface area contributed by atoms with Gasteiger partial charge in [0.05, 0.1) is 0 Å². The summed E-state index contributed by atoms with van der Waals surface area (Å²) in [5.41, 5.74) is 6.92. The van der Waals surface area contributed by atoms with E-state index in [2.05, 4.69) is 32.4 Å². The Morgan fingerprint density at radius 3 is 3.00 bits per heavy atom. The lowest BCUT2D eigenvalue weighted by Gasteiger charge is -2.31. The topological polar surface area (TPSA) is 94.5 Å². The highest BCUT2D eigenvalue weighted by molar-refractivity contribution is 5.36. The standard InChI is InChI=1S/C14H21N7/c1-2-21-9-19-20-14(21)3-4-16-13-7-12(17-8-18-13)10-5-11(15)6-10/h7-11H,2-6,15H2,1H3,(H,16,17,18). The Bertz CT molecular complexity index is 589. The smallest absolute Gasteiger partial charge is 0.134 e. The molecule has 1 aliphatic rings. The molecule has 7 heteroatoms. The van der Waals surface area contributed by atoms with Crippen LogP contribution in [0, 0.1) is 0 Å². The first-order valence-electron chi connectivity index (χ1n) is 7.44. The van der Waals surface area contributed by atoms with Gasteiger partial charge in [-0.15, -0.1) is 10.2 Å². The monoisotopic (exact) mass is 287 g/mol. The quantitative estimate of drug-likeness (QED) is 0.821. The fraction of sp³-hybridized carbons (Fsp3) is 0.571. The number of nitrogens with zero attached hydrogens (tertiary/aromatic N) is 5. The van der Waals surface area contributed by atoms with E-state index < -0.39 is 0 Å². The highest BCUT2D eigenvalue weighted by atomic mass is 15.3. The summed E-state index contributed by atoms with van der Waals surface area (Å²) in [5, 5.41) is 11.4. The zero-order chi connectivity index (χ0) is 14.7. The molecule has 112 valence electrons. The Kier molecular flexibility index (Phi) is 4.10. The van der Waals surface area contributed by atoms with Crippen molar-refractivity contribution in [1.29, 1.82) is 0 Å². The number of rotatable bonds is 6. The number of nitrogens with two attached hydrogens (primary N) is 1. The molecular formula is C14H21N7. The van der Waals surface area contributed by atoms with Gasteiger partial charge in [0, 0.05) is 43.2 Å². The van der Waals surface area contributed by atoms with E-state index in [1.165, 1.54) is 0 Å². The molecule has 2 heterocycles. The Morgan fingerprint density at radius 2 is 2.24 bits per heavy atom. The maximum atomic E-state index is 5.83. The summed E-state index contributed by atoms with van der Waals surface area (Å²) in [4.78, 5) is 8.61. The normalized spacial score (nSPS) is 21.0. The van der Waals surface area contributed by atoms with Crippen molar-refractivity contribution in [3.63, 3.8) is 0 Å². The first kappa shape index (κ1) is 13.9. The summed E-state index contributed by atoms with van der Waals surface area (Å²) in [6.07, 6.45) is 6.25. The van der Waals surface area contributed by atoms with Crippen LogP contribution in [0.25, 0.3) is 0 Å². The van der Waals surface area contributed by atoms with Crippen LogP contribution >= 0.6 is 0 Å². The van der Waals surface area contributed by atoms with Gasteiger partial charge in [-0.25, -0.2) is 9.97 Å². The molecule has 0 atom stereocenters. The SMILES string of the molecule is CCn1cnnc1CCNc1cc(C2CC(N)C2)ncn1. The van der Waals surface area contributed by atoms with Crippen molar-refractivity contribution >= 4 is 5.82 Å². The zero-order valence-corrected chi connectivity index (χ0v) is 12.2. The third kappa shape index (κ3) is 3.18. The predicted octanol–water partition coefficient (Wildman–Crippen LogP) is 0.947. The van der Waals surface area contributed by atoms with Crippen molar-refractivity contribution in [2.45, 2.75) is 44.7 Å². The number of nitrogens with one attached hydrogen (secondary N) is 1. The van der Waals surface area contributed by atoms with Gasteiger partial charge in [-0.1, -0.05) is 0 Å². The van der Waals surface area contributed by atoms with Crippen molar-refractivity contribution in [2.24, 2.45) is 5.73 Å². The van der Waals surface area contributed by atoms with E-state index in [1.807, 2.05) is 10.6 Å². The van der Waals surface area contributed by atoms with E-state index in [4.69, 9.17) is 5.73 Å². The molecule has 0 saturated heterocycles. The van der Waals surface area contributed by atoms with Gasteiger partial charge in [0.15, 0.2) is 0 Å². The summed E-state index contributed by atoms with van der Waals surface area (Å²) >= 11 is 0. The number of aryl methyl sites for hydroxylation is 1. The predicted molar refractivity (Wildman–Crippen MR) is 79.9 cm³/mol. The van der Waals surface area contributed by atoms with Crippen LogP contribution in [0.15, 0.2) is 18.7 Å². The molecule has 1 saturated carbocycles. The van der Waals surface area contributed by atoms with E-state index in [0.29, 0.717) is 12.0 Å². The molecule has 0 aliphatic heterocycles. The maximum absolute atomic E-state index is 5.83. The molecule has 2 aromatic rings. The minimum atomic E-state index is 0.335. The largest absolute Gasteiger partial charge is 0.370 e. The first-order chi connectivity index (χ1) is 10.3. The fourth-order valence-electron chi connectivity index (χ4n) is 2.63. The van der Waals surface area contributed by atoms with Crippen molar-refractivity contribution in [3.05, 3.63) is 30.2 Å². The average Bonchev–Trinajstić information content (AvgIpc) is 2.92. The molecule has 0 radical (unpaired) electrons. The van der Waals surface area contributed by atoms with Gasteiger partial charge in [0.2, 0.25) is 0 Å². The Labute approximate surface area is 124 Å². The minimum Gasteiger partial charge on any atom is -0.370 e. The van der Waals surface area contributed by atoms with Gasteiger partial charge in [0.1, 0.15) is 24.3 Å². The average molecular weight is 287 g/mol. The molecule has 3 rings (SSSR count). The second kappa shape index (κ2) is 6.17. The summed E-state index contributed by atoms with van der Waals surface area (Å²) in [7, 11) is 0. The van der Waals surface area contributed by atoms with Crippen LogP contribution in [0.3, 0.4) is 0 Å². The lowest BCUT2D eigenvalue weighted by Crippen LogP contribution is -2.35. The number of hydrogen-bond donors (Lipinski definition) is 2. The van der Waals surface area contributed by atoms with Crippen molar-refractivity contribution in [3.8, 4) is 0 Å². The summed E-state index contributed by atoms with van der Waals surface area (Å²) < 4.78 is 2.04. The van der Waals surface area contributed by atoms with Crippen LogP contribution in [0.5, 0.6) is 0 Å². The van der Waals surface area contributed by atoms with Crippen LogP contribution in [0.4, 0.5) is 5.82 Å². The Morgan fingerprint density at radius 1 is 1.38 bits per heavy atom. The molecule has 0 bridgehead atoms. The van der Waals surface area contributed by atoms with Crippen molar-refractivity contribution < 1.29 is 0 Å². The number of anilines is 1. The van der Waals surface area contributed by atoms with Gasteiger partial charge in [0.25, 0.3) is 0 Å². The summed E-state index contributed by atoms with van der Waals surface area (Å²) in [6, 6.07) is 2.36. The third-order valence-electron chi connectivity index (χ3n) is 3.97. The lowest BCUT2D eigenvalue weighted by atomic mass is 9.79. The molecule has 0 aromatic carbocycles. The van der Waals surface area contributed by atoms with Crippen molar-refractivity contribution in [1.82, 2.24) is 24.7 Å². The van der Waals surface area contributed by atoms with Crippen LogP contribution in [0.1, 0.15) is 37.2 Å². The Balaban J connectivity index is 1.54. The van der Waals surface area contributed by atoms with E-state index in [1.54, 1.807) is 12.7 Å². The molecule has 3 N–H and O–H groups in total. The van der Waals surface area contributed by atoms with E-state index >= 15 is 0 Å². The minimum absolute atomic E-state index is 0.335. The molecule has 2 aromatic heterocycles. The van der Waals surface area contributed by atoms with E-state index in [0.717, 1.165) is 49.7 Å². The number of aromatic nitrogens is 5. The summed E-state index contributed by atoms with van der Waals surface area (Å²) in [6.45, 7) is 3.75. The van der Waals surface area contributed by atoms with Crippen LogP contribution in [0.2, 0.25) is 0 Å². The van der Waals surface area contributed by atoms with E-state index in [9.17, 15) is 0 Å².